The molecule has 0 aromatic heterocycles. The Balaban J connectivity index is 1.89. The predicted molar refractivity (Wildman–Crippen MR) is 92.9 cm³/mol. The van der Waals surface area contributed by atoms with Crippen molar-refractivity contribution in [2.75, 3.05) is 13.7 Å². The van der Waals surface area contributed by atoms with E-state index in [1.165, 1.54) is 60.5 Å². The molecule has 0 aliphatic carbocycles. The van der Waals surface area contributed by atoms with Crippen LogP contribution < -0.4 is 9.47 Å². The summed E-state index contributed by atoms with van der Waals surface area (Å²) in [5, 5.41) is 0. The maximum absolute atomic E-state index is 12.4. The fourth-order valence-corrected chi connectivity index (χ4v) is 2.29. The lowest BCUT2D eigenvalue weighted by Gasteiger charge is -2.18. The van der Waals surface area contributed by atoms with Gasteiger partial charge in [0.25, 0.3) is 5.91 Å². The molecule has 10 heteroatoms. The molecule has 2 aromatic rings. The zero-order chi connectivity index (χ0) is 21.4. The Bertz CT molecular complexity index is 830. The Morgan fingerprint density at radius 1 is 0.931 bits per heavy atom. The standard InChI is InChI=1S/C19H17F4NO5/c1-24(10-12-6-8-13(9-7-12)28-18(20)21)16(25)11-27-17(26)14-4-2-3-5-15(14)29-19(22)23/h2-9,18-19H,10-11H2,1H3. The lowest BCUT2D eigenvalue weighted by Crippen LogP contribution is -2.30. The van der Waals surface area contributed by atoms with Gasteiger partial charge in [-0.1, -0.05) is 24.3 Å². The quantitative estimate of drug-likeness (QED) is 0.462. The molecule has 0 heterocycles. The molecule has 0 atom stereocenters. The molecule has 156 valence electrons. The van der Waals surface area contributed by atoms with Crippen LogP contribution in [0.15, 0.2) is 48.5 Å². The van der Waals surface area contributed by atoms with Crippen molar-refractivity contribution in [2.45, 2.75) is 19.8 Å². The Labute approximate surface area is 163 Å². The lowest BCUT2D eigenvalue weighted by atomic mass is 10.2. The van der Waals surface area contributed by atoms with Crippen LogP contribution in [0.1, 0.15) is 15.9 Å². The molecule has 0 saturated carbocycles. The van der Waals surface area contributed by atoms with Crippen LogP contribution in [0.3, 0.4) is 0 Å². The molecule has 0 aliphatic heterocycles. The number of rotatable bonds is 9. The third-order valence-electron chi connectivity index (χ3n) is 3.64. The average Bonchev–Trinajstić information content (AvgIpc) is 2.67. The Morgan fingerprint density at radius 2 is 1.55 bits per heavy atom. The number of hydrogen-bond acceptors (Lipinski definition) is 5. The summed E-state index contributed by atoms with van der Waals surface area (Å²) in [6.45, 7) is -6.55. The number of alkyl halides is 4. The summed E-state index contributed by atoms with van der Waals surface area (Å²) in [7, 11) is 1.45. The number of nitrogens with zero attached hydrogens (tertiary/aromatic N) is 1. The summed E-state index contributed by atoms with van der Waals surface area (Å²) in [5.74, 6) is -1.93. The number of amides is 1. The van der Waals surface area contributed by atoms with Gasteiger partial charge in [0.2, 0.25) is 0 Å². The number of halogens is 4. The van der Waals surface area contributed by atoms with E-state index in [-0.39, 0.29) is 23.6 Å². The summed E-state index contributed by atoms with van der Waals surface area (Å²) in [6, 6.07) is 10.9. The van der Waals surface area contributed by atoms with Crippen molar-refractivity contribution >= 4 is 11.9 Å². The van der Waals surface area contributed by atoms with Gasteiger partial charge in [0.1, 0.15) is 17.1 Å². The molecule has 0 unspecified atom stereocenters. The minimum atomic E-state index is -3.12. The van der Waals surface area contributed by atoms with Crippen molar-refractivity contribution in [1.82, 2.24) is 4.90 Å². The highest BCUT2D eigenvalue weighted by Crippen LogP contribution is 2.21. The van der Waals surface area contributed by atoms with Gasteiger partial charge in [-0.25, -0.2) is 4.79 Å². The fraction of sp³-hybridized carbons (Fsp3) is 0.263. The SMILES string of the molecule is CN(Cc1ccc(OC(F)F)cc1)C(=O)COC(=O)c1ccccc1OC(F)F. The molecule has 0 bridgehead atoms. The molecular weight excluding hydrogens is 398 g/mol. The normalized spacial score (nSPS) is 10.7. The molecular formula is C19H17F4NO5. The second kappa shape index (κ2) is 10.3. The first-order chi connectivity index (χ1) is 13.8. The second-order valence-corrected chi connectivity index (χ2v) is 5.72. The maximum atomic E-state index is 12.4. The Morgan fingerprint density at radius 3 is 2.17 bits per heavy atom. The third-order valence-corrected chi connectivity index (χ3v) is 3.64. The summed E-state index contributed by atoms with van der Waals surface area (Å²) in [6.07, 6.45) is 0. The van der Waals surface area contributed by atoms with Gasteiger partial charge in [0.15, 0.2) is 6.61 Å². The van der Waals surface area contributed by atoms with E-state index in [2.05, 4.69) is 9.47 Å². The van der Waals surface area contributed by atoms with E-state index in [1.54, 1.807) is 0 Å². The topological polar surface area (TPSA) is 65.1 Å². The van der Waals surface area contributed by atoms with Gasteiger partial charge >= 0.3 is 19.2 Å². The Kier molecular flexibility index (Phi) is 7.81. The fourth-order valence-electron chi connectivity index (χ4n) is 2.29. The van der Waals surface area contributed by atoms with Gasteiger partial charge in [-0.3, -0.25) is 4.79 Å². The van der Waals surface area contributed by atoms with E-state index in [4.69, 9.17) is 4.74 Å². The van der Waals surface area contributed by atoms with Crippen LogP contribution in [0.25, 0.3) is 0 Å². The van der Waals surface area contributed by atoms with E-state index in [9.17, 15) is 27.2 Å². The van der Waals surface area contributed by atoms with Crippen molar-refractivity contribution in [3.05, 3.63) is 59.7 Å². The average molecular weight is 415 g/mol. The summed E-state index contributed by atoms with van der Waals surface area (Å²) in [4.78, 5) is 25.4. The zero-order valence-corrected chi connectivity index (χ0v) is 15.2. The first kappa shape index (κ1) is 22.0. The summed E-state index contributed by atoms with van der Waals surface area (Å²) in [5.41, 5.74) is 0.391. The first-order valence-electron chi connectivity index (χ1n) is 8.25. The number of hydrogen-bond donors (Lipinski definition) is 0. The van der Waals surface area contributed by atoms with E-state index in [0.29, 0.717) is 5.56 Å². The number of ether oxygens (including phenoxy) is 3. The monoisotopic (exact) mass is 415 g/mol. The molecule has 2 rings (SSSR count). The van der Waals surface area contributed by atoms with Crippen molar-refractivity contribution in [3.63, 3.8) is 0 Å². The van der Waals surface area contributed by atoms with Gasteiger partial charge < -0.3 is 19.1 Å². The highest BCUT2D eigenvalue weighted by Gasteiger charge is 2.19. The number of benzene rings is 2. The summed E-state index contributed by atoms with van der Waals surface area (Å²) >= 11 is 0. The molecule has 0 fully saturated rings. The van der Waals surface area contributed by atoms with Crippen LogP contribution in [0.5, 0.6) is 11.5 Å². The van der Waals surface area contributed by atoms with Crippen molar-refractivity contribution < 1.29 is 41.4 Å². The Hall–Kier alpha value is -3.30. The van der Waals surface area contributed by atoms with Crippen LogP contribution in [-0.4, -0.2) is 43.7 Å². The summed E-state index contributed by atoms with van der Waals surface area (Å²) < 4.78 is 62.4. The molecule has 0 aliphatic rings. The third kappa shape index (κ3) is 6.98. The largest absolute Gasteiger partial charge is 0.452 e. The molecule has 6 nitrogen and oxygen atoms in total. The molecule has 0 N–H and O–H groups in total. The number of para-hydroxylation sites is 1. The molecule has 0 spiro atoms. The molecule has 0 saturated heterocycles. The second-order valence-electron chi connectivity index (χ2n) is 5.72. The van der Waals surface area contributed by atoms with Crippen LogP contribution in [0.4, 0.5) is 17.6 Å². The molecule has 2 aromatic carbocycles. The lowest BCUT2D eigenvalue weighted by molar-refractivity contribution is -0.133. The highest BCUT2D eigenvalue weighted by molar-refractivity contribution is 5.93. The van der Waals surface area contributed by atoms with Crippen LogP contribution >= 0.6 is 0 Å². The van der Waals surface area contributed by atoms with Crippen molar-refractivity contribution in [2.24, 2.45) is 0 Å². The van der Waals surface area contributed by atoms with E-state index in [1.807, 2.05) is 0 Å². The number of esters is 1. The first-order valence-corrected chi connectivity index (χ1v) is 8.25. The number of carbonyl (C=O) groups is 2. The number of carbonyl (C=O) groups excluding carboxylic acids is 2. The number of likely N-dealkylation sites (N-methyl/N-ethyl adjacent to an activating group) is 1. The van der Waals surface area contributed by atoms with E-state index < -0.39 is 31.7 Å². The van der Waals surface area contributed by atoms with Crippen molar-refractivity contribution in [1.29, 1.82) is 0 Å². The van der Waals surface area contributed by atoms with Gasteiger partial charge in [0, 0.05) is 13.6 Å². The molecule has 1 amide bonds. The van der Waals surface area contributed by atoms with Gasteiger partial charge in [0.05, 0.1) is 0 Å². The highest BCUT2D eigenvalue weighted by atomic mass is 19.3. The van der Waals surface area contributed by atoms with E-state index in [0.717, 1.165) is 0 Å². The van der Waals surface area contributed by atoms with Gasteiger partial charge in [-0.05, 0) is 29.8 Å². The van der Waals surface area contributed by atoms with Crippen LogP contribution in [0, 0.1) is 0 Å². The van der Waals surface area contributed by atoms with Crippen LogP contribution in [-0.2, 0) is 16.1 Å². The minimum absolute atomic E-state index is 0.0173. The van der Waals surface area contributed by atoms with E-state index >= 15 is 0 Å². The molecule has 0 radical (unpaired) electrons. The zero-order valence-electron chi connectivity index (χ0n) is 15.2. The van der Waals surface area contributed by atoms with Gasteiger partial charge in [-0.15, -0.1) is 0 Å². The maximum Gasteiger partial charge on any atom is 0.387 e. The minimum Gasteiger partial charge on any atom is -0.452 e. The predicted octanol–water partition coefficient (Wildman–Crippen LogP) is 3.70. The van der Waals surface area contributed by atoms with Crippen molar-refractivity contribution in [3.8, 4) is 11.5 Å². The van der Waals surface area contributed by atoms with Gasteiger partial charge in [-0.2, -0.15) is 17.6 Å². The molecule has 29 heavy (non-hydrogen) atoms. The smallest absolute Gasteiger partial charge is 0.387 e. The van der Waals surface area contributed by atoms with Crippen LogP contribution in [0.2, 0.25) is 0 Å².